The lowest BCUT2D eigenvalue weighted by Gasteiger charge is -2.32. The predicted octanol–water partition coefficient (Wildman–Crippen LogP) is 0.330. The van der Waals surface area contributed by atoms with Gasteiger partial charge in [-0.15, -0.1) is 0 Å². The van der Waals surface area contributed by atoms with Crippen LogP contribution >= 0.6 is 6.64 Å². The van der Waals surface area contributed by atoms with Gasteiger partial charge in [0.1, 0.15) is 30.6 Å². The maximum Gasteiger partial charge on any atom is 0.330 e. The van der Waals surface area contributed by atoms with E-state index in [2.05, 4.69) is 5.09 Å². The summed E-state index contributed by atoms with van der Waals surface area (Å²) >= 11 is 5.64. The van der Waals surface area contributed by atoms with Crippen LogP contribution in [0.25, 0.3) is 0 Å². The number of nitrogens with two attached hydrogens (primary N) is 1. The molecule has 0 bridgehead atoms. The van der Waals surface area contributed by atoms with Crippen molar-refractivity contribution in [1.29, 1.82) is 0 Å². The highest BCUT2D eigenvalue weighted by Crippen LogP contribution is 2.47. The number of rotatable bonds is 10. The van der Waals surface area contributed by atoms with E-state index in [1.807, 2.05) is 25.8 Å². The van der Waals surface area contributed by atoms with Gasteiger partial charge in [-0.05, 0) is 36.3 Å². The molecule has 13 nitrogen and oxygen atoms in total. The Kier molecular flexibility index (Phi) is 9.32. The highest BCUT2D eigenvalue weighted by Gasteiger charge is 2.54. The first-order valence-electron chi connectivity index (χ1n) is 11.7. The number of para-hydroxylation sites is 1. The summed E-state index contributed by atoms with van der Waals surface area (Å²) in [6, 6.07) is 8.59. The zero-order chi connectivity index (χ0) is 28.3. The number of hydrogen-bond donors (Lipinski definition) is 5. The molecule has 2 aromatic rings. The van der Waals surface area contributed by atoms with Gasteiger partial charge in [0.25, 0.3) is 5.56 Å². The topological polar surface area (TPSA) is 187 Å². The molecule has 15 heteroatoms. The Morgan fingerprint density at radius 3 is 2.55 bits per heavy atom. The lowest BCUT2D eigenvalue weighted by Crippen LogP contribution is -2.54. The van der Waals surface area contributed by atoms with Gasteiger partial charge in [0, 0.05) is 12.3 Å². The fourth-order valence-corrected chi connectivity index (χ4v) is 5.80. The zero-order valence-electron chi connectivity index (χ0n) is 21.4. The van der Waals surface area contributed by atoms with E-state index in [0.717, 1.165) is 16.8 Å². The maximum absolute atomic E-state index is 12.6. The van der Waals surface area contributed by atoms with Gasteiger partial charge in [-0.3, -0.25) is 24.9 Å². The second kappa shape index (κ2) is 11.8. The smallest absolute Gasteiger partial charge is 0.330 e. The summed E-state index contributed by atoms with van der Waals surface area (Å²) in [6.45, 7) is 3.32. The minimum absolute atomic E-state index is 0.177. The Labute approximate surface area is 224 Å². The third-order valence-electron chi connectivity index (χ3n) is 5.36. The fourth-order valence-electron chi connectivity index (χ4n) is 3.38. The predicted molar refractivity (Wildman–Crippen MR) is 141 cm³/mol. The Morgan fingerprint density at radius 1 is 1.29 bits per heavy atom. The van der Waals surface area contributed by atoms with Crippen molar-refractivity contribution >= 4 is 24.4 Å². The third-order valence-corrected chi connectivity index (χ3v) is 7.84. The van der Waals surface area contributed by atoms with Crippen molar-refractivity contribution in [2.24, 2.45) is 11.1 Å². The molecular formula is C23H33N4O9PS. The summed E-state index contributed by atoms with van der Waals surface area (Å²) in [7, 11) is 0. The van der Waals surface area contributed by atoms with Crippen molar-refractivity contribution in [3.63, 3.8) is 0 Å². The van der Waals surface area contributed by atoms with Crippen LogP contribution in [-0.2, 0) is 30.6 Å². The molecule has 1 aromatic carbocycles. The van der Waals surface area contributed by atoms with Crippen LogP contribution in [0.5, 0.6) is 5.75 Å². The lowest BCUT2D eigenvalue weighted by atomic mass is 9.99. The van der Waals surface area contributed by atoms with Crippen molar-refractivity contribution in [1.82, 2.24) is 14.6 Å². The van der Waals surface area contributed by atoms with Gasteiger partial charge in [-0.25, -0.2) is 9.88 Å². The number of aliphatic hydroxyl groups is 2. The van der Waals surface area contributed by atoms with Crippen molar-refractivity contribution in [2.75, 3.05) is 13.2 Å². The molecule has 1 fully saturated rings. The molecule has 0 aliphatic carbocycles. The minimum Gasteiger partial charge on any atom is -0.464 e. The molecule has 38 heavy (non-hydrogen) atoms. The van der Waals surface area contributed by atoms with E-state index in [9.17, 15) is 24.6 Å². The van der Waals surface area contributed by atoms with Crippen LogP contribution in [-0.4, -0.2) is 62.9 Å². The molecule has 0 radical (unpaired) electrons. The van der Waals surface area contributed by atoms with E-state index in [-0.39, 0.29) is 12.0 Å². The average Bonchev–Trinajstić information content (AvgIpc) is 3.06. The Hall–Kier alpha value is -2.42. The number of aromatic amines is 1. The van der Waals surface area contributed by atoms with E-state index in [0.29, 0.717) is 5.75 Å². The first-order chi connectivity index (χ1) is 17.6. The summed E-state index contributed by atoms with van der Waals surface area (Å²) < 4.78 is 23.7. The number of nitrogens with one attached hydrogen (secondary N) is 2. The van der Waals surface area contributed by atoms with Gasteiger partial charge in [0.05, 0.1) is 6.61 Å². The van der Waals surface area contributed by atoms with Gasteiger partial charge >= 0.3 is 18.3 Å². The summed E-state index contributed by atoms with van der Waals surface area (Å²) in [5.41, 5.74) is 2.42. The second-order valence-corrected chi connectivity index (χ2v) is 13.2. The number of esters is 1. The standard InChI is InChI=1S/C23H33N4O9PS/c1-14(20(31)33-12-22(2,3)4)26-37(38,36-15-8-6-5-7-9-15)34-13-23(24)18(30)17(29)19(35-23)27-11-10-16(28)25-21(27)32/h5-11,14,17-19,29-30H,12-13,24H2,1-4H3,(H,26,38)(H,25,28,32)/t14?,17-,18+,19-,23-,37?/m1/s1. The Balaban J connectivity index is 1.79. The van der Waals surface area contributed by atoms with E-state index in [1.165, 1.54) is 6.92 Å². The number of aliphatic hydroxyl groups excluding tert-OH is 2. The quantitative estimate of drug-likeness (QED) is 0.194. The number of H-pyrrole nitrogens is 1. The third kappa shape index (κ3) is 7.58. The molecule has 0 saturated carbocycles. The van der Waals surface area contributed by atoms with Crippen molar-refractivity contribution in [2.45, 2.75) is 57.9 Å². The number of nitrogens with zero attached hydrogens (tertiary/aromatic N) is 1. The fraction of sp³-hybridized carbons (Fsp3) is 0.522. The lowest BCUT2D eigenvalue weighted by molar-refractivity contribution is -0.148. The number of benzene rings is 1. The molecule has 1 aliphatic heterocycles. The summed E-state index contributed by atoms with van der Waals surface area (Å²) in [5, 5.41) is 24.1. The molecule has 0 amide bonds. The number of aromatic nitrogens is 2. The molecule has 3 rings (SSSR count). The Morgan fingerprint density at radius 2 is 1.95 bits per heavy atom. The zero-order valence-corrected chi connectivity index (χ0v) is 23.1. The molecule has 1 aromatic heterocycles. The largest absolute Gasteiger partial charge is 0.464 e. The normalized spacial score (nSPS) is 25.9. The molecule has 6 N–H and O–H groups in total. The molecule has 0 spiro atoms. The number of ether oxygens (including phenoxy) is 2. The van der Waals surface area contributed by atoms with E-state index < -0.39 is 60.7 Å². The van der Waals surface area contributed by atoms with Gasteiger partial charge in [-0.1, -0.05) is 39.0 Å². The molecule has 1 saturated heterocycles. The van der Waals surface area contributed by atoms with E-state index in [1.54, 1.807) is 30.3 Å². The molecule has 1 aliphatic rings. The highest BCUT2D eigenvalue weighted by molar-refractivity contribution is 8.09. The van der Waals surface area contributed by atoms with Crippen molar-refractivity contribution < 1.29 is 33.5 Å². The van der Waals surface area contributed by atoms with Crippen LogP contribution < -0.4 is 26.6 Å². The molecule has 2 unspecified atom stereocenters. The summed E-state index contributed by atoms with van der Waals surface area (Å²) in [6.07, 6.45) is -3.71. The minimum atomic E-state index is -3.55. The first kappa shape index (κ1) is 30.1. The summed E-state index contributed by atoms with van der Waals surface area (Å²) in [5.74, 6) is -0.239. The monoisotopic (exact) mass is 572 g/mol. The van der Waals surface area contributed by atoms with Crippen LogP contribution in [0.3, 0.4) is 0 Å². The maximum atomic E-state index is 12.6. The van der Waals surface area contributed by atoms with Crippen LogP contribution in [0, 0.1) is 5.41 Å². The second-order valence-electron chi connectivity index (χ2n) is 10.1. The number of carbonyl (C=O) groups excluding carboxylic acids is 1. The van der Waals surface area contributed by atoms with Gasteiger partial charge < -0.3 is 28.7 Å². The summed E-state index contributed by atoms with van der Waals surface area (Å²) in [4.78, 5) is 38.2. The molecular weight excluding hydrogens is 539 g/mol. The number of hydrogen-bond acceptors (Lipinski definition) is 11. The first-order valence-corrected chi connectivity index (χ1v) is 14.3. The van der Waals surface area contributed by atoms with Crippen molar-refractivity contribution in [3.8, 4) is 5.75 Å². The van der Waals surface area contributed by atoms with Gasteiger partial charge in [-0.2, -0.15) is 0 Å². The SMILES string of the molecule is CC(NP(=S)(OC[C@@]1(N)O[C@@H](n2ccc(=O)[nH]c2=O)[C@H](O)[C@@H]1O)Oc1ccccc1)C(=O)OCC(C)(C)C. The Bertz CT molecular complexity index is 1280. The van der Waals surface area contributed by atoms with Crippen LogP contribution in [0.2, 0.25) is 0 Å². The average molecular weight is 573 g/mol. The van der Waals surface area contributed by atoms with Gasteiger partial charge in [0.15, 0.2) is 12.0 Å². The molecule has 2 heterocycles. The highest BCUT2D eigenvalue weighted by atomic mass is 32.5. The molecule has 210 valence electrons. The van der Waals surface area contributed by atoms with E-state index >= 15 is 0 Å². The van der Waals surface area contributed by atoms with Gasteiger partial charge in [0.2, 0.25) is 0 Å². The molecule has 6 atom stereocenters. The van der Waals surface area contributed by atoms with E-state index in [4.69, 9.17) is 36.1 Å². The van der Waals surface area contributed by atoms with Crippen LogP contribution in [0.4, 0.5) is 0 Å². The van der Waals surface area contributed by atoms with Crippen LogP contribution in [0.15, 0.2) is 52.2 Å². The number of carbonyl (C=O) groups is 1. The van der Waals surface area contributed by atoms with Crippen molar-refractivity contribution in [3.05, 3.63) is 63.4 Å². The van der Waals surface area contributed by atoms with Crippen LogP contribution in [0.1, 0.15) is 33.9 Å².